The summed E-state index contributed by atoms with van der Waals surface area (Å²) in [6, 6.07) is 24.2. The van der Waals surface area contributed by atoms with E-state index < -0.39 is 0 Å². The Bertz CT molecular complexity index is 1950. The molecule has 0 radical (unpaired) electrons. The highest BCUT2D eigenvalue weighted by atomic mass is 16.4. The zero-order chi connectivity index (χ0) is 29.0. The van der Waals surface area contributed by atoms with Crippen LogP contribution in [0.25, 0.3) is 56.2 Å². The molecule has 0 atom stereocenters. The van der Waals surface area contributed by atoms with Crippen molar-refractivity contribution >= 4 is 22.2 Å². The minimum Gasteiger partial charge on any atom is -0.436 e. The molecule has 1 aliphatic rings. The zero-order valence-electron chi connectivity index (χ0n) is 25.3. The molecule has 2 heterocycles. The Hall–Kier alpha value is -4.18. The third-order valence-corrected chi connectivity index (χ3v) is 9.26. The zero-order valence-corrected chi connectivity index (χ0v) is 25.3. The molecule has 4 aromatic carbocycles. The maximum Gasteiger partial charge on any atom is 0.227 e. The predicted molar refractivity (Wildman–Crippen MR) is 172 cm³/mol. The highest BCUT2D eigenvalue weighted by molar-refractivity contribution is 5.87. The molecule has 0 unspecified atom stereocenters. The number of aryl methyl sites for hydroxylation is 3. The first-order valence-corrected chi connectivity index (χ1v) is 15.6. The third kappa shape index (κ3) is 4.11. The maximum atomic E-state index is 6.35. The fourth-order valence-electron chi connectivity index (χ4n) is 7.15. The van der Waals surface area contributed by atoms with Crippen molar-refractivity contribution < 1.29 is 8.83 Å². The van der Waals surface area contributed by atoms with Gasteiger partial charge in [0.2, 0.25) is 11.8 Å². The molecule has 0 saturated heterocycles. The van der Waals surface area contributed by atoms with Gasteiger partial charge in [0.1, 0.15) is 11.0 Å². The van der Waals surface area contributed by atoms with Crippen molar-refractivity contribution in [1.29, 1.82) is 0 Å². The molecule has 0 N–H and O–H groups in total. The molecular weight excluding hydrogens is 516 g/mol. The number of oxazole rings is 2. The molecule has 6 aromatic rings. The molecule has 0 aliphatic heterocycles. The second kappa shape index (κ2) is 10.3. The van der Waals surface area contributed by atoms with Crippen LogP contribution >= 0.6 is 0 Å². The van der Waals surface area contributed by atoms with Crippen LogP contribution in [0.15, 0.2) is 75.6 Å². The van der Waals surface area contributed by atoms with Crippen molar-refractivity contribution in [3.05, 3.63) is 94.5 Å². The van der Waals surface area contributed by atoms with Crippen LogP contribution in [-0.4, -0.2) is 9.97 Å². The summed E-state index contributed by atoms with van der Waals surface area (Å²) < 4.78 is 12.6. The van der Waals surface area contributed by atoms with Crippen molar-refractivity contribution in [1.82, 2.24) is 9.97 Å². The number of aromatic nitrogens is 2. The highest BCUT2D eigenvalue weighted by Gasteiger charge is 2.43. The van der Waals surface area contributed by atoms with Gasteiger partial charge in [0, 0.05) is 16.5 Å². The van der Waals surface area contributed by atoms with Crippen LogP contribution in [-0.2, 0) is 18.3 Å². The Balaban J connectivity index is 1.39. The molecule has 4 nitrogen and oxygen atoms in total. The van der Waals surface area contributed by atoms with E-state index in [0.717, 1.165) is 71.9 Å². The van der Waals surface area contributed by atoms with Crippen LogP contribution in [0.5, 0.6) is 0 Å². The minimum absolute atomic E-state index is 0.0879. The lowest BCUT2D eigenvalue weighted by Gasteiger charge is -2.32. The summed E-state index contributed by atoms with van der Waals surface area (Å²) in [5, 5.41) is 0. The topological polar surface area (TPSA) is 52.1 Å². The fourth-order valence-corrected chi connectivity index (χ4v) is 7.15. The van der Waals surface area contributed by atoms with Crippen molar-refractivity contribution in [2.75, 3.05) is 0 Å². The predicted octanol–water partition coefficient (Wildman–Crippen LogP) is 10.6. The summed E-state index contributed by atoms with van der Waals surface area (Å²) >= 11 is 0. The summed E-state index contributed by atoms with van der Waals surface area (Å²) in [6.45, 7) is 11.1. The van der Waals surface area contributed by atoms with Crippen LogP contribution < -0.4 is 0 Å². The van der Waals surface area contributed by atoms with E-state index in [-0.39, 0.29) is 5.41 Å². The lowest BCUT2D eigenvalue weighted by molar-refractivity contribution is 0.436. The smallest absolute Gasteiger partial charge is 0.227 e. The molecule has 0 spiro atoms. The number of hydrogen-bond donors (Lipinski definition) is 0. The molecular formula is C38H38N2O2. The maximum absolute atomic E-state index is 6.35. The van der Waals surface area contributed by atoms with Gasteiger partial charge in [-0.05, 0) is 114 Å². The van der Waals surface area contributed by atoms with Crippen LogP contribution in [0.4, 0.5) is 0 Å². The minimum atomic E-state index is -0.0879. The van der Waals surface area contributed by atoms with E-state index >= 15 is 0 Å². The van der Waals surface area contributed by atoms with E-state index in [0.29, 0.717) is 11.8 Å². The van der Waals surface area contributed by atoms with E-state index in [2.05, 4.69) is 95.3 Å². The second-order valence-electron chi connectivity index (χ2n) is 11.9. The van der Waals surface area contributed by atoms with Crippen molar-refractivity contribution in [3.8, 4) is 34.0 Å². The SMILES string of the molecule is CCCC1(CCC)c2cc(-c3nc4cc(CC)ccc4o3)ccc2-c2cc(C)c(-c3nc4cc(CC)ccc4o3)cc21. The summed E-state index contributed by atoms with van der Waals surface area (Å²) in [5.41, 5.74) is 14.7. The van der Waals surface area contributed by atoms with Gasteiger partial charge in [-0.15, -0.1) is 0 Å². The first kappa shape index (κ1) is 26.7. The Morgan fingerprint density at radius 3 is 1.81 bits per heavy atom. The van der Waals surface area contributed by atoms with Gasteiger partial charge in [-0.1, -0.05) is 64.8 Å². The molecule has 0 amide bonds. The van der Waals surface area contributed by atoms with Crippen molar-refractivity contribution in [3.63, 3.8) is 0 Å². The van der Waals surface area contributed by atoms with Gasteiger partial charge in [-0.25, -0.2) is 9.97 Å². The molecule has 7 rings (SSSR count). The average molecular weight is 555 g/mol. The molecule has 1 aliphatic carbocycles. The van der Waals surface area contributed by atoms with E-state index in [1.807, 2.05) is 6.07 Å². The van der Waals surface area contributed by atoms with Gasteiger partial charge in [0.15, 0.2) is 11.2 Å². The molecule has 0 fully saturated rings. The van der Waals surface area contributed by atoms with Crippen LogP contribution in [0.3, 0.4) is 0 Å². The Morgan fingerprint density at radius 2 is 1.19 bits per heavy atom. The van der Waals surface area contributed by atoms with Gasteiger partial charge < -0.3 is 8.83 Å². The normalized spacial score (nSPS) is 13.6. The van der Waals surface area contributed by atoms with E-state index in [1.165, 1.54) is 38.9 Å². The van der Waals surface area contributed by atoms with E-state index in [1.54, 1.807) is 0 Å². The number of hydrogen-bond acceptors (Lipinski definition) is 4. The largest absolute Gasteiger partial charge is 0.436 e. The summed E-state index contributed by atoms with van der Waals surface area (Å²) in [4.78, 5) is 9.89. The summed E-state index contributed by atoms with van der Waals surface area (Å²) in [7, 11) is 0. The summed E-state index contributed by atoms with van der Waals surface area (Å²) in [5.74, 6) is 1.39. The van der Waals surface area contributed by atoms with Gasteiger partial charge in [-0.2, -0.15) is 0 Å². The highest BCUT2D eigenvalue weighted by Crippen LogP contribution is 2.55. The monoisotopic (exact) mass is 554 g/mol. The third-order valence-electron chi connectivity index (χ3n) is 9.26. The number of benzene rings is 4. The molecule has 42 heavy (non-hydrogen) atoms. The van der Waals surface area contributed by atoms with Gasteiger partial charge in [-0.3, -0.25) is 0 Å². The van der Waals surface area contributed by atoms with Gasteiger partial charge in [0.05, 0.1) is 0 Å². The van der Waals surface area contributed by atoms with Crippen molar-refractivity contribution in [2.24, 2.45) is 0 Å². The first-order valence-electron chi connectivity index (χ1n) is 15.6. The van der Waals surface area contributed by atoms with E-state index in [9.17, 15) is 0 Å². The Kier molecular flexibility index (Phi) is 6.53. The van der Waals surface area contributed by atoms with Gasteiger partial charge in [0.25, 0.3) is 0 Å². The Labute approximate surface area is 247 Å². The molecule has 0 bridgehead atoms. The van der Waals surface area contributed by atoms with Crippen LogP contribution in [0, 0.1) is 6.92 Å². The number of rotatable bonds is 8. The average Bonchev–Trinajstić information content (AvgIpc) is 3.69. The second-order valence-corrected chi connectivity index (χ2v) is 11.9. The quantitative estimate of drug-likeness (QED) is 0.188. The molecule has 4 heteroatoms. The lowest BCUT2D eigenvalue weighted by atomic mass is 9.71. The lowest BCUT2D eigenvalue weighted by Crippen LogP contribution is -2.25. The molecule has 212 valence electrons. The van der Waals surface area contributed by atoms with E-state index in [4.69, 9.17) is 18.8 Å². The molecule has 2 aromatic heterocycles. The van der Waals surface area contributed by atoms with Crippen molar-refractivity contribution in [2.45, 2.75) is 78.6 Å². The standard InChI is InChI=1S/C38H38N2O2/c1-6-16-38(17-7-2)30-21-26(36-39-32-19-24(8-3)10-14-34(32)41-36)12-13-27(30)29-18-23(5)28(22-31(29)38)37-40-33-20-25(9-4)11-15-35(33)42-37/h10-15,18-22H,6-9,16-17H2,1-5H3. The van der Waals surface area contributed by atoms with Crippen LogP contribution in [0.2, 0.25) is 0 Å². The molecule has 0 saturated carbocycles. The fraction of sp³-hybridized carbons (Fsp3) is 0.316. The number of fused-ring (bicyclic) bond motifs is 5. The number of nitrogens with zero attached hydrogens (tertiary/aromatic N) is 2. The van der Waals surface area contributed by atoms with Crippen LogP contribution in [0.1, 0.15) is 81.2 Å². The Morgan fingerprint density at radius 1 is 0.595 bits per heavy atom. The first-order chi connectivity index (χ1) is 20.5. The summed E-state index contributed by atoms with van der Waals surface area (Å²) in [6.07, 6.45) is 6.31. The van der Waals surface area contributed by atoms with Gasteiger partial charge >= 0.3 is 0 Å².